The number of halogens is 1. The van der Waals surface area contributed by atoms with Crippen molar-refractivity contribution in [2.45, 2.75) is 32.4 Å². The minimum atomic E-state index is -0.180. The molecule has 3 aromatic rings. The first kappa shape index (κ1) is 15.9. The van der Waals surface area contributed by atoms with E-state index >= 15 is 0 Å². The van der Waals surface area contributed by atoms with E-state index in [0.717, 1.165) is 59.6 Å². The highest BCUT2D eigenvalue weighted by atomic mass is 35.5. The van der Waals surface area contributed by atoms with E-state index in [4.69, 9.17) is 20.8 Å². The number of ether oxygens (including phenoxy) is 1. The zero-order valence-corrected chi connectivity index (χ0v) is 15.1. The predicted octanol–water partition coefficient (Wildman–Crippen LogP) is 2.87. The Kier molecular flexibility index (Phi) is 3.76. The van der Waals surface area contributed by atoms with Crippen molar-refractivity contribution in [3.05, 3.63) is 74.1 Å². The summed E-state index contributed by atoms with van der Waals surface area (Å²) in [5, 5.41) is 1.82. The summed E-state index contributed by atoms with van der Waals surface area (Å²) >= 11 is 6.10. The summed E-state index contributed by atoms with van der Waals surface area (Å²) in [5.41, 5.74) is 4.72. The molecule has 0 fully saturated rings. The number of fused-ring (bicyclic) bond motifs is 5. The van der Waals surface area contributed by atoms with Gasteiger partial charge in [0.05, 0.1) is 5.56 Å². The molecule has 1 unspecified atom stereocenters. The number of aryl methyl sites for hydroxylation is 1. The molecule has 1 atom stereocenters. The molecule has 0 bridgehead atoms. The summed E-state index contributed by atoms with van der Waals surface area (Å²) < 4.78 is 11.7. The fourth-order valence-corrected chi connectivity index (χ4v) is 4.43. The average Bonchev–Trinajstić information content (AvgIpc) is 3.13. The van der Waals surface area contributed by atoms with Crippen LogP contribution in [-0.2, 0) is 25.9 Å². The van der Waals surface area contributed by atoms with Crippen LogP contribution in [0.4, 0.5) is 0 Å². The van der Waals surface area contributed by atoms with E-state index in [9.17, 15) is 4.79 Å². The molecule has 2 aromatic carbocycles. The molecule has 2 aliphatic rings. The molecule has 4 nitrogen and oxygen atoms in total. The molecule has 5 heteroatoms. The number of rotatable bonds is 2. The number of benzene rings is 2. The zero-order valence-electron chi connectivity index (χ0n) is 14.3. The summed E-state index contributed by atoms with van der Waals surface area (Å²) in [6.45, 7) is 2.16. The molecular weight excluding hydrogens is 350 g/mol. The van der Waals surface area contributed by atoms with Gasteiger partial charge in [-0.2, -0.15) is 0 Å². The van der Waals surface area contributed by atoms with E-state index in [0.29, 0.717) is 12.3 Å². The first-order valence-electron chi connectivity index (χ1n) is 9.00. The van der Waals surface area contributed by atoms with Gasteiger partial charge in [0.25, 0.3) is 0 Å². The fraction of sp³-hybridized carbons (Fsp3) is 0.286. The Labute approximate surface area is 155 Å². The third-order valence-electron chi connectivity index (χ3n) is 5.40. The molecule has 0 saturated carbocycles. The number of nitrogens with one attached hydrogen (secondary N) is 1. The zero-order chi connectivity index (χ0) is 17.7. The van der Waals surface area contributed by atoms with E-state index < -0.39 is 0 Å². The molecule has 132 valence electrons. The maximum atomic E-state index is 12.4. The maximum Gasteiger partial charge on any atom is 0.339 e. The summed E-state index contributed by atoms with van der Waals surface area (Å²) in [5.74, 6) is 0.827. The van der Waals surface area contributed by atoms with Crippen molar-refractivity contribution in [1.82, 2.24) is 0 Å². The van der Waals surface area contributed by atoms with Crippen LogP contribution in [0.2, 0.25) is 5.02 Å². The topological polar surface area (TPSA) is 43.9 Å². The molecule has 1 aromatic heterocycles. The molecular formula is C21H19ClNO3+. The first-order valence-corrected chi connectivity index (χ1v) is 9.38. The molecule has 0 spiro atoms. The second kappa shape index (κ2) is 6.15. The second-order valence-electron chi connectivity index (χ2n) is 7.14. The Balaban J connectivity index is 1.55. The first-order chi connectivity index (χ1) is 12.7. The van der Waals surface area contributed by atoms with Crippen molar-refractivity contribution >= 4 is 22.6 Å². The van der Waals surface area contributed by atoms with E-state index in [1.165, 1.54) is 16.0 Å². The van der Waals surface area contributed by atoms with Crippen LogP contribution < -0.4 is 15.3 Å². The monoisotopic (exact) mass is 368 g/mol. The van der Waals surface area contributed by atoms with Crippen molar-refractivity contribution in [1.29, 1.82) is 0 Å². The van der Waals surface area contributed by atoms with Crippen molar-refractivity contribution < 1.29 is 14.1 Å². The van der Waals surface area contributed by atoms with Gasteiger partial charge < -0.3 is 9.15 Å². The summed E-state index contributed by atoms with van der Waals surface area (Å²) in [4.78, 5) is 13.7. The molecule has 5 rings (SSSR count). The van der Waals surface area contributed by atoms with Gasteiger partial charge in [0.2, 0.25) is 6.73 Å². The molecule has 1 aliphatic heterocycles. The van der Waals surface area contributed by atoms with Crippen LogP contribution >= 0.6 is 11.6 Å². The van der Waals surface area contributed by atoms with Crippen LogP contribution in [0, 0.1) is 0 Å². The molecule has 1 aliphatic carbocycles. The van der Waals surface area contributed by atoms with Gasteiger partial charge >= 0.3 is 5.63 Å². The lowest BCUT2D eigenvalue weighted by atomic mass is 10.0. The normalized spacial score (nSPS) is 18.4. The fourth-order valence-electron chi connectivity index (χ4n) is 4.22. The van der Waals surface area contributed by atoms with Gasteiger partial charge in [0.15, 0.2) is 5.58 Å². The summed E-state index contributed by atoms with van der Waals surface area (Å²) in [6.07, 6.45) is 2.81. The Morgan fingerprint density at radius 3 is 2.85 bits per heavy atom. The van der Waals surface area contributed by atoms with Gasteiger partial charge in [-0.05, 0) is 49.1 Å². The smallest absolute Gasteiger partial charge is 0.339 e. The molecule has 0 saturated heterocycles. The maximum absolute atomic E-state index is 12.4. The number of hydrogen-bond donors (Lipinski definition) is 1. The standard InChI is InChI=1S/C21H18ClNO3/c22-14-4-1-3-13(9-14)10-23-11-18-19(25-12-23)8-7-16-15-5-2-6-17(15)21(24)26-20(16)18/h1,3-4,7-9H,2,5-6,10-12H2/p+1. The van der Waals surface area contributed by atoms with Gasteiger partial charge in [-0.3, -0.25) is 4.90 Å². The van der Waals surface area contributed by atoms with E-state index in [-0.39, 0.29) is 5.63 Å². The minimum absolute atomic E-state index is 0.180. The molecule has 26 heavy (non-hydrogen) atoms. The highest BCUT2D eigenvalue weighted by molar-refractivity contribution is 6.30. The highest BCUT2D eigenvalue weighted by Crippen LogP contribution is 2.33. The van der Waals surface area contributed by atoms with Gasteiger partial charge in [-0.25, -0.2) is 4.79 Å². The average molecular weight is 369 g/mol. The second-order valence-corrected chi connectivity index (χ2v) is 7.58. The lowest BCUT2D eigenvalue weighted by molar-refractivity contribution is -0.945. The van der Waals surface area contributed by atoms with Crippen molar-refractivity contribution in [3.63, 3.8) is 0 Å². The molecule has 0 radical (unpaired) electrons. The van der Waals surface area contributed by atoms with E-state index in [1.807, 2.05) is 30.3 Å². The predicted molar refractivity (Wildman–Crippen MR) is 99.8 cm³/mol. The quantitative estimate of drug-likeness (QED) is 0.707. The Morgan fingerprint density at radius 2 is 1.96 bits per heavy atom. The van der Waals surface area contributed by atoms with Gasteiger partial charge in [0, 0.05) is 21.5 Å². The minimum Gasteiger partial charge on any atom is -0.445 e. The molecule has 1 N–H and O–H groups in total. The Morgan fingerprint density at radius 1 is 1.08 bits per heavy atom. The van der Waals surface area contributed by atoms with Gasteiger partial charge in [-0.1, -0.05) is 23.7 Å². The molecule has 0 amide bonds. The van der Waals surface area contributed by atoms with Crippen LogP contribution in [0.3, 0.4) is 0 Å². The van der Waals surface area contributed by atoms with Gasteiger partial charge in [0.1, 0.15) is 18.8 Å². The summed E-state index contributed by atoms with van der Waals surface area (Å²) in [6, 6.07) is 12.0. The van der Waals surface area contributed by atoms with Crippen LogP contribution in [0.15, 0.2) is 45.6 Å². The largest absolute Gasteiger partial charge is 0.445 e. The number of hydrogen-bond acceptors (Lipinski definition) is 3. The van der Waals surface area contributed by atoms with Crippen LogP contribution in [-0.4, -0.2) is 6.73 Å². The van der Waals surface area contributed by atoms with E-state index in [1.54, 1.807) is 0 Å². The van der Waals surface area contributed by atoms with Crippen LogP contribution in [0.5, 0.6) is 5.75 Å². The van der Waals surface area contributed by atoms with Crippen molar-refractivity contribution in [3.8, 4) is 5.75 Å². The van der Waals surface area contributed by atoms with Crippen molar-refractivity contribution in [2.24, 2.45) is 0 Å². The highest BCUT2D eigenvalue weighted by Gasteiger charge is 2.27. The Bertz CT molecular complexity index is 1070. The number of quaternary nitrogens is 1. The van der Waals surface area contributed by atoms with Crippen LogP contribution in [0.25, 0.3) is 11.0 Å². The van der Waals surface area contributed by atoms with Gasteiger partial charge in [-0.15, -0.1) is 0 Å². The van der Waals surface area contributed by atoms with Crippen LogP contribution in [0.1, 0.15) is 28.7 Å². The molecule has 2 heterocycles. The lowest BCUT2D eigenvalue weighted by Gasteiger charge is -2.26. The third-order valence-corrected chi connectivity index (χ3v) is 5.64. The lowest BCUT2D eigenvalue weighted by Crippen LogP contribution is -3.10. The van der Waals surface area contributed by atoms with Crippen molar-refractivity contribution in [2.75, 3.05) is 6.73 Å². The summed E-state index contributed by atoms with van der Waals surface area (Å²) in [7, 11) is 0. The van der Waals surface area contributed by atoms with E-state index in [2.05, 4.69) is 6.07 Å². The Hall–Kier alpha value is -2.30. The SMILES string of the molecule is O=c1oc2c3c(ccc2c2c1CCC2)OC[NH+](Cc1cccc(Cl)c1)C3. The third kappa shape index (κ3) is 2.61.